The highest BCUT2D eigenvalue weighted by Gasteiger charge is 2.32. The van der Waals surface area contributed by atoms with E-state index in [9.17, 15) is 9.59 Å². The highest BCUT2D eigenvalue weighted by Crippen LogP contribution is 2.14. The molecule has 1 fully saturated rings. The van der Waals surface area contributed by atoms with Crippen molar-refractivity contribution in [1.29, 1.82) is 0 Å². The Labute approximate surface area is 135 Å². The second-order valence-corrected chi connectivity index (χ2v) is 5.36. The average Bonchev–Trinajstić information content (AvgIpc) is 2.93. The summed E-state index contributed by atoms with van der Waals surface area (Å²) in [6.07, 6.45) is 0.828. The van der Waals surface area contributed by atoms with Crippen molar-refractivity contribution in [2.75, 3.05) is 13.2 Å². The lowest BCUT2D eigenvalue weighted by Gasteiger charge is -2.14. The van der Waals surface area contributed by atoms with Crippen LogP contribution in [-0.2, 0) is 16.1 Å². The molecule has 1 aliphatic rings. The van der Waals surface area contributed by atoms with Crippen molar-refractivity contribution >= 4 is 12.2 Å². The van der Waals surface area contributed by atoms with Gasteiger partial charge in [-0.2, -0.15) is 0 Å². The van der Waals surface area contributed by atoms with Crippen LogP contribution in [0.5, 0.6) is 0 Å². The van der Waals surface area contributed by atoms with E-state index in [-0.39, 0.29) is 19.3 Å². The minimum Gasteiger partial charge on any atom is -0.445 e. The van der Waals surface area contributed by atoms with Crippen molar-refractivity contribution in [3.63, 3.8) is 0 Å². The van der Waals surface area contributed by atoms with Gasteiger partial charge in [0.25, 0.3) is 0 Å². The quantitative estimate of drug-likeness (QED) is 0.631. The number of carbonyl (C=O) groups excluding carboxylic acids is 2. The van der Waals surface area contributed by atoms with Gasteiger partial charge < -0.3 is 25.2 Å². The van der Waals surface area contributed by atoms with Crippen molar-refractivity contribution in [1.82, 2.24) is 10.6 Å². The number of nitrogens with one attached hydrogen (secondary N) is 2. The fourth-order valence-electron chi connectivity index (χ4n) is 2.37. The monoisotopic (exact) mass is 322 g/mol. The number of amides is 2. The van der Waals surface area contributed by atoms with Gasteiger partial charge in [0.05, 0.1) is 12.6 Å². The lowest BCUT2D eigenvalue weighted by Crippen LogP contribution is -2.33. The molecule has 2 atom stereocenters. The van der Waals surface area contributed by atoms with Gasteiger partial charge in [-0.05, 0) is 24.8 Å². The average molecular weight is 322 g/mol. The van der Waals surface area contributed by atoms with Gasteiger partial charge in [0.2, 0.25) is 0 Å². The van der Waals surface area contributed by atoms with E-state index in [1.807, 2.05) is 30.3 Å². The zero-order valence-corrected chi connectivity index (χ0v) is 12.9. The third-order valence-corrected chi connectivity index (χ3v) is 3.61. The topological polar surface area (TPSA) is 96.9 Å². The molecule has 0 saturated carbocycles. The standard InChI is InChI=1S/C16H22N2O5/c19-10-14-13(18-16(21)23-14)8-4-5-9-17-15(20)22-11-12-6-2-1-3-7-12/h1-3,6-7,13-14,19H,4-5,8-11H2,(H,17,20)(H,18,21)/t13-,14+/m0/s1. The zero-order valence-electron chi connectivity index (χ0n) is 12.9. The number of benzene rings is 1. The Kier molecular flexibility index (Phi) is 6.68. The van der Waals surface area contributed by atoms with E-state index in [2.05, 4.69) is 10.6 Å². The maximum atomic E-state index is 11.5. The molecule has 1 aliphatic heterocycles. The van der Waals surface area contributed by atoms with Gasteiger partial charge in [-0.1, -0.05) is 30.3 Å². The Morgan fingerprint density at radius 3 is 2.83 bits per heavy atom. The highest BCUT2D eigenvalue weighted by atomic mass is 16.6. The van der Waals surface area contributed by atoms with Gasteiger partial charge >= 0.3 is 12.2 Å². The van der Waals surface area contributed by atoms with Crippen LogP contribution >= 0.6 is 0 Å². The maximum Gasteiger partial charge on any atom is 0.407 e. The number of carbonyl (C=O) groups is 2. The Bertz CT molecular complexity index is 508. The minimum atomic E-state index is -0.489. The minimum absolute atomic E-state index is 0.169. The number of rotatable bonds is 8. The summed E-state index contributed by atoms with van der Waals surface area (Å²) in [5, 5.41) is 14.4. The number of ether oxygens (including phenoxy) is 2. The predicted molar refractivity (Wildman–Crippen MR) is 82.8 cm³/mol. The molecule has 0 spiro atoms. The summed E-state index contributed by atoms with van der Waals surface area (Å²) >= 11 is 0. The van der Waals surface area contributed by atoms with Gasteiger partial charge in [0.1, 0.15) is 12.7 Å². The number of cyclic esters (lactones) is 1. The second kappa shape index (κ2) is 8.99. The van der Waals surface area contributed by atoms with Gasteiger partial charge in [0.15, 0.2) is 0 Å². The number of alkyl carbamates (subject to hydrolysis) is 2. The van der Waals surface area contributed by atoms with E-state index in [0.29, 0.717) is 13.0 Å². The van der Waals surface area contributed by atoms with Crippen molar-refractivity contribution < 1.29 is 24.2 Å². The second-order valence-electron chi connectivity index (χ2n) is 5.36. The van der Waals surface area contributed by atoms with Crippen molar-refractivity contribution in [3.05, 3.63) is 35.9 Å². The first-order valence-electron chi connectivity index (χ1n) is 7.71. The van der Waals surface area contributed by atoms with Crippen LogP contribution in [0.1, 0.15) is 24.8 Å². The molecule has 126 valence electrons. The van der Waals surface area contributed by atoms with E-state index >= 15 is 0 Å². The number of hydrogen-bond donors (Lipinski definition) is 3. The molecule has 23 heavy (non-hydrogen) atoms. The van der Waals surface area contributed by atoms with Gasteiger partial charge in [-0.15, -0.1) is 0 Å². The molecule has 0 aliphatic carbocycles. The van der Waals surface area contributed by atoms with Crippen molar-refractivity contribution in [2.45, 2.75) is 38.0 Å². The molecule has 1 heterocycles. The first-order valence-corrected chi connectivity index (χ1v) is 7.71. The molecule has 0 radical (unpaired) electrons. The summed E-state index contributed by atoms with van der Waals surface area (Å²) < 4.78 is 10.00. The maximum absolute atomic E-state index is 11.5. The summed E-state index contributed by atoms with van der Waals surface area (Å²) in [4.78, 5) is 22.6. The molecule has 0 aromatic heterocycles. The van der Waals surface area contributed by atoms with E-state index < -0.39 is 18.3 Å². The summed E-state index contributed by atoms with van der Waals surface area (Å²) in [5.41, 5.74) is 0.940. The molecule has 2 rings (SSSR count). The normalized spacial score (nSPS) is 19.8. The Morgan fingerprint density at radius 1 is 1.30 bits per heavy atom. The molecular formula is C16H22N2O5. The lowest BCUT2D eigenvalue weighted by atomic mass is 10.1. The predicted octanol–water partition coefficient (Wildman–Crippen LogP) is 1.55. The zero-order chi connectivity index (χ0) is 16.5. The number of hydrogen-bond acceptors (Lipinski definition) is 5. The van der Waals surface area contributed by atoms with Gasteiger partial charge in [-0.3, -0.25) is 0 Å². The molecular weight excluding hydrogens is 300 g/mol. The molecule has 3 N–H and O–H groups in total. The van der Waals surface area contributed by atoms with Crippen LogP contribution in [0.4, 0.5) is 9.59 Å². The van der Waals surface area contributed by atoms with E-state index in [4.69, 9.17) is 14.6 Å². The SMILES string of the molecule is O=C(NCCCC[C@@H]1NC(=O)O[C@@H]1CO)OCc1ccccc1. The first kappa shape index (κ1) is 17.1. The van der Waals surface area contributed by atoms with Crippen LogP contribution in [-0.4, -0.2) is 42.6 Å². The van der Waals surface area contributed by atoms with Crippen LogP contribution in [0.3, 0.4) is 0 Å². The van der Waals surface area contributed by atoms with Crippen LogP contribution in [0.2, 0.25) is 0 Å². The molecule has 2 amide bonds. The summed E-state index contributed by atoms with van der Waals surface area (Å²) in [5.74, 6) is 0. The third kappa shape index (κ3) is 5.78. The molecule has 1 saturated heterocycles. The summed E-state index contributed by atoms with van der Waals surface area (Å²) in [6.45, 7) is 0.558. The van der Waals surface area contributed by atoms with E-state index in [1.54, 1.807) is 0 Å². The third-order valence-electron chi connectivity index (χ3n) is 3.61. The Morgan fingerprint density at radius 2 is 2.09 bits per heavy atom. The Hall–Kier alpha value is -2.28. The van der Waals surface area contributed by atoms with Crippen LogP contribution in [0, 0.1) is 0 Å². The highest BCUT2D eigenvalue weighted by molar-refractivity contribution is 5.70. The Balaban J connectivity index is 1.53. The van der Waals surface area contributed by atoms with Crippen LogP contribution in [0.25, 0.3) is 0 Å². The van der Waals surface area contributed by atoms with Gasteiger partial charge in [0, 0.05) is 6.54 Å². The lowest BCUT2D eigenvalue weighted by molar-refractivity contribution is 0.0812. The fourth-order valence-corrected chi connectivity index (χ4v) is 2.37. The number of unbranched alkanes of at least 4 members (excludes halogenated alkanes) is 1. The molecule has 0 bridgehead atoms. The first-order chi connectivity index (χ1) is 11.2. The molecule has 7 heteroatoms. The summed E-state index contributed by atoms with van der Waals surface area (Å²) in [6, 6.07) is 9.30. The molecule has 1 aromatic rings. The fraction of sp³-hybridized carbons (Fsp3) is 0.500. The number of aliphatic hydroxyl groups is 1. The summed E-state index contributed by atoms with van der Waals surface area (Å²) in [7, 11) is 0. The molecule has 0 unspecified atom stereocenters. The largest absolute Gasteiger partial charge is 0.445 e. The van der Waals surface area contributed by atoms with E-state index in [0.717, 1.165) is 18.4 Å². The smallest absolute Gasteiger partial charge is 0.407 e. The van der Waals surface area contributed by atoms with Crippen molar-refractivity contribution in [2.24, 2.45) is 0 Å². The van der Waals surface area contributed by atoms with Crippen LogP contribution in [0.15, 0.2) is 30.3 Å². The van der Waals surface area contributed by atoms with E-state index in [1.165, 1.54) is 0 Å². The molecule has 7 nitrogen and oxygen atoms in total. The van der Waals surface area contributed by atoms with Gasteiger partial charge in [-0.25, -0.2) is 9.59 Å². The molecule has 1 aromatic carbocycles. The van der Waals surface area contributed by atoms with Crippen LogP contribution < -0.4 is 10.6 Å². The van der Waals surface area contributed by atoms with Crippen molar-refractivity contribution in [3.8, 4) is 0 Å². The number of aliphatic hydroxyl groups excluding tert-OH is 1.